The van der Waals surface area contributed by atoms with Gasteiger partial charge in [-0.1, -0.05) is 32.0 Å². The van der Waals surface area contributed by atoms with Gasteiger partial charge in [-0.15, -0.1) is 0 Å². The van der Waals surface area contributed by atoms with Crippen molar-refractivity contribution in [3.05, 3.63) is 29.3 Å². The fraction of sp³-hybridized carbons (Fsp3) is 0.538. The van der Waals surface area contributed by atoms with E-state index in [4.69, 9.17) is 5.73 Å². The molecule has 0 heterocycles. The Morgan fingerprint density at radius 1 is 1.28 bits per heavy atom. The maximum absolute atomic E-state index is 12.1. The van der Waals surface area contributed by atoms with E-state index >= 15 is 0 Å². The highest BCUT2D eigenvalue weighted by molar-refractivity contribution is 7.93. The van der Waals surface area contributed by atoms with Crippen molar-refractivity contribution in [2.75, 3.05) is 11.3 Å². The molecule has 4 nitrogen and oxygen atoms in total. The predicted molar refractivity (Wildman–Crippen MR) is 76.3 cm³/mol. The molecule has 5 heteroatoms. The molecule has 0 radical (unpaired) electrons. The van der Waals surface area contributed by atoms with Crippen LogP contribution in [0.3, 0.4) is 0 Å². The Balaban J connectivity index is 3.19. The zero-order valence-electron chi connectivity index (χ0n) is 11.4. The first-order valence-electron chi connectivity index (χ1n) is 6.10. The van der Waals surface area contributed by atoms with Gasteiger partial charge in [-0.25, -0.2) is 8.42 Å². The number of nitrogens with one attached hydrogen (secondary N) is 1. The largest absolute Gasteiger partial charge is 0.329 e. The molecule has 0 amide bonds. The van der Waals surface area contributed by atoms with Crippen LogP contribution in [0.25, 0.3) is 0 Å². The number of sulfonamides is 1. The van der Waals surface area contributed by atoms with Crippen molar-refractivity contribution in [1.29, 1.82) is 0 Å². The van der Waals surface area contributed by atoms with E-state index in [1.165, 1.54) is 0 Å². The van der Waals surface area contributed by atoms with Gasteiger partial charge in [0.2, 0.25) is 10.0 Å². The second-order valence-electron chi connectivity index (χ2n) is 4.89. The van der Waals surface area contributed by atoms with Gasteiger partial charge < -0.3 is 5.73 Å². The minimum atomic E-state index is -3.42. The number of nitrogens with two attached hydrogens (primary N) is 1. The van der Waals surface area contributed by atoms with Crippen LogP contribution in [0.1, 0.15) is 37.8 Å². The quantitative estimate of drug-likeness (QED) is 0.861. The Hall–Kier alpha value is -1.07. The van der Waals surface area contributed by atoms with Crippen LogP contribution < -0.4 is 10.5 Å². The van der Waals surface area contributed by atoms with Crippen LogP contribution in [-0.2, 0) is 10.0 Å². The lowest BCUT2D eigenvalue weighted by Crippen LogP contribution is -2.32. The second-order valence-corrected chi connectivity index (χ2v) is 6.99. The standard InChI is InChI=1S/C13H22N2O2S/c1-9(2)12-7-5-6-10(3)13(12)15-18(16,17)11(4)8-14/h5-7,9,11,15H,8,14H2,1-4H3. The van der Waals surface area contributed by atoms with E-state index in [1.54, 1.807) is 6.92 Å². The van der Waals surface area contributed by atoms with Crippen molar-refractivity contribution >= 4 is 15.7 Å². The monoisotopic (exact) mass is 270 g/mol. The van der Waals surface area contributed by atoms with Crippen LogP contribution in [0, 0.1) is 6.92 Å². The fourth-order valence-electron chi connectivity index (χ4n) is 1.68. The fourth-order valence-corrected chi connectivity index (χ4v) is 2.70. The lowest BCUT2D eigenvalue weighted by molar-refractivity contribution is 0.589. The van der Waals surface area contributed by atoms with E-state index in [0.717, 1.165) is 11.1 Å². The van der Waals surface area contributed by atoms with Crippen LogP contribution in [-0.4, -0.2) is 20.2 Å². The van der Waals surface area contributed by atoms with E-state index in [2.05, 4.69) is 4.72 Å². The number of rotatable bonds is 5. The van der Waals surface area contributed by atoms with Gasteiger partial charge in [0.1, 0.15) is 0 Å². The predicted octanol–water partition coefficient (Wildman–Crippen LogP) is 2.21. The molecule has 3 N–H and O–H groups in total. The summed E-state index contributed by atoms with van der Waals surface area (Å²) in [5, 5.41) is -0.600. The molecule has 102 valence electrons. The van der Waals surface area contributed by atoms with E-state index in [-0.39, 0.29) is 12.5 Å². The Morgan fingerprint density at radius 3 is 2.39 bits per heavy atom. The summed E-state index contributed by atoms with van der Waals surface area (Å²) < 4.78 is 26.8. The van der Waals surface area contributed by atoms with Crippen molar-refractivity contribution in [2.45, 2.75) is 38.9 Å². The van der Waals surface area contributed by atoms with Gasteiger partial charge in [-0.3, -0.25) is 4.72 Å². The smallest absolute Gasteiger partial charge is 0.236 e. The first kappa shape index (κ1) is 15.0. The summed E-state index contributed by atoms with van der Waals surface area (Å²) in [4.78, 5) is 0. The van der Waals surface area contributed by atoms with Gasteiger partial charge in [0.15, 0.2) is 0 Å². The summed E-state index contributed by atoms with van der Waals surface area (Å²) in [5.41, 5.74) is 8.04. The molecule has 0 saturated heterocycles. The van der Waals surface area contributed by atoms with Gasteiger partial charge in [-0.05, 0) is 30.9 Å². The molecule has 0 saturated carbocycles. The molecule has 1 atom stereocenters. The molecule has 0 aromatic heterocycles. The van der Waals surface area contributed by atoms with Crippen molar-refractivity contribution in [1.82, 2.24) is 0 Å². The molecular formula is C13H22N2O2S. The highest BCUT2D eigenvalue weighted by Crippen LogP contribution is 2.28. The average Bonchev–Trinajstić information content (AvgIpc) is 2.30. The van der Waals surface area contributed by atoms with Gasteiger partial charge in [0.25, 0.3) is 0 Å². The molecule has 0 aliphatic rings. The van der Waals surface area contributed by atoms with Crippen LogP contribution in [0.15, 0.2) is 18.2 Å². The lowest BCUT2D eigenvalue weighted by Gasteiger charge is -2.19. The van der Waals surface area contributed by atoms with Gasteiger partial charge in [-0.2, -0.15) is 0 Å². The third-order valence-electron chi connectivity index (χ3n) is 3.03. The first-order chi connectivity index (χ1) is 8.29. The Labute approximate surface area is 110 Å². The summed E-state index contributed by atoms with van der Waals surface area (Å²) in [6.07, 6.45) is 0. The number of aryl methyl sites for hydroxylation is 1. The lowest BCUT2D eigenvalue weighted by atomic mass is 9.99. The Bertz CT molecular complexity index is 510. The third kappa shape index (κ3) is 3.23. The SMILES string of the molecule is Cc1cccc(C(C)C)c1NS(=O)(=O)C(C)CN. The normalized spacial score (nSPS) is 13.7. The minimum Gasteiger partial charge on any atom is -0.329 e. The second kappa shape index (κ2) is 5.71. The molecular weight excluding hydrogens is 248 g/mol. The highest BCUT2D eigenvalue weighted by Gasteiger charge is 2.21. The topological polar surface area (TPSA) is 72.2 Å². The van der Waals surface area contributed by atoms with Gasteiger partial charge >= 0.3 is 0 Å². The number of hydrogen-bond donors (Lipinski definition) is 2. The maximum atomic E-state index is 12.1. The number of para-hydroxylation sites is 1. The van der Waals surface area contributed by atoms with Crippen LogP contribution in [0.4, 0.5) is 5.69 Å². The summed E-state index contributed by atoms with van der Waals surface area (Å²) in [7, 11) is -3.42. The van der Waals surface area contributed by atoms with Crippen molar-refractivity contribution in [3.63, 3.8) is 0 Å². The summed E-state index contributed by atoms with van der Waals surface area (Å²) in [6.45, 7) is 7.70. The molecule has 0 aliphatic carbocycles. The van der Waals surface area contributed by atoms with Crippen molar-refractivity contribution < 1.29 is 8.42 Å². The molecule has 0 bridgehead atoms. The van der Waals surface area contributed by atoms with Gasteiger partial charge in [0.05, 0.1) is 10.9 Å². The highest BCUT2D eigenvalue weighted by atomic mass is 32.2. The first-order valence-corrected chi connectivity index (χ1v) is 7.65. The van der Waals surface area contributed by atoms with Gasteiger partial charge in [0, 0.05) is 6.54 Å². The zero-order chi connectivity index (χ0) is 13.9. The summed E-state index contributed by atoms with van der Waals surface area (Å²) >= 11 is 0. The van der Waals surface area contributed by atoms with E-state index in [0.29, 0.717) is 5.69 Å². The van der Waals surface area contributed by atoms with Crippen LogP contribution in [0.2, 0.25) is 0 Å². The number of hydrogen-bond acceptors (Lipinski definition) is 3. The summed E-state index contributed by atoms with van der Waals surface area (Å²) in [5.74, 6) is 0.260. The third-order valence-corrected chi connectivity index (χ3v) is 4.77. The minimum absolute atomic E-state index is 0.109. The van der Waals surface area contributed by atoms with Crippen molar-refractivity contribution in [3.8, 4) is 0 Å². The maximum Gasteiger partial charge on any atom is 0.236 e. The number of benzene rings is 1. The van der Waals surface area contributed by atoms with Crippen molar-refractivity contribution in [2.24, 2.45) is 5.73 Å². The molecule has 0 fully saturated rings. The molecule has 1 aromatic carbocycles. The van der Waals surface area contributed by atoms with Crippen LogP contribution in [0.5, 0.6) is 0 Å². The summed E-state index contributed by atoms with van der Waals surface area (Å²) in [6, 6.07) is 5.79. The average molecular weight is 270 g/mol. The molecule has 1 aromatic rings. The Morgan fingerprint density at radius 2 is 1.89 bits per heavy atom. The molecule has 18 heavy (non-hydrogen) atoms. The molecule has 0 spiro atoms. The number of anilines is 1. The van der Waals surface area contributed by atoms with E-state index in [1.807, 2.05) is 39.0 Å². The van der Waals surface area contributed by atoms with Crippen LogP contribution >= 0.6 is 0 Å². The molecule has 0 aliphatic heterocycles. The zero-order valence-corrected chi connectivity index (χ0v) is 12.2. The molecule has 1 rings (SSSR count). The van der Waals surface area contributed by atoms with E-state index in [9.17, 15) is 8.42 Å². The Kier molecular flexibility index (Phi) is 4.76. The molecule has 1 unspecified atom stereocenters. The van der Waals surface area contributed by atoms with E-state index < -0.39 is 15.3 Å².